The van der Waals surface area contributed by atoms with E-state index in [2.05, 4.69) is 37.9 Å². The van der Waals surface area contributed by atoms with E-state index in [1.807, 2.05) is 0 Å². The molecule has 0 aromatic carbocycles. The third-order valence-corrected chi connectivity index (χ3v) is 4.14. The van der Waals surface area contributed by atoms with Crippen molar-refractivity contribution < 1.29 is 4.79 Å². The number of carbonyl (C=O) groups is 1. The molecule has 4 nitrogen and oxygen atoms in total. The summed E-state index contributed by atoms with van der Waals surface area (Å²) in [5.74, 6) is 1.25. The lowest BCUT2D eigenvalue weighted by atomic mass is 10.1. The van der Waals surface area contributed by atoms with E-state index in [1.54, 1.807) is 0 Å². The van der Waals surface area contributed by atoms with Crippen LogP contribution in [0.3, 0.4) is 0 Å². The number of rotatable bonds is 12. The van der Waals surface area contributed by atoms with Crippen molar-refractivity contribution in [2.45, 2.75) is 71.9 Å². The number of hydrogen-bond donors (Lipinski definition) is 2. The highest BCUT2D eigenvalue weighted by Gasteiger charge is 2.27. The highest BCUT2D eigenvalue weighted by Crippen LogP contribution is 2.20. The van der Waals surface area contributed by atoms with Crippen LogP contribution in [0.4, 0.5) is 0 Å². The second-order valence-electron chi connectivity index (χ2n) is 7.39. The van der Waals surface area contributed by atoms with Gasteiger partial charge >= 0.3 is 0 Å². The Morgan fingerprint density at radius 3 is 1.90 bits per heavy atom. The monoisotopic (exact) mass is 297 g/mol. The van der Waals surface area contributed by atoms with Crippen LogP contribution in [0, 0.1) is 11.8 Å². The lowest BCUT2D eigenvalue weighted by Gasteiger charge is -2.26. The maximum atomic E-state index is 11.5. The van der Waals surface area contributed by atoms with E-state index in [0.717, 1.165) is 37.9 Å². The summed E-state index contributed by atoms with van der Waals surface area (Å²) >= 11 is 0. The van der Waals surface area contributed by atoms with Gasteiger partial charge in [-0.2, -0.15) is 0 Å². The number of nitrogens with one attached hydrogen (secondary N) is 1. The quantitative estimate of drug-likeness (QED) is 0.581. The van der Waals surface area contributed by atoms with Gasteiger partial charge in [-0.05, 0) is 57.0 Å². The summed E-state index contributed by atoms with van der Waals surface area (Å²) in [6, 6.07) is 0.375. The minimum atomic E-state index is -0.199. The van der Waals surface area contributed by atoms with Crippen molar-refractivity contribution >= 4 is 5.91 Å². The Morgan fingerprint density at radius 1 is 1.05 bits per heavy atom. The Morgan fingerprint density at radius 2 is 1.52 bits per heavy atom. The molecule has 0 aromatic heterocycles. The highest BCUT2D eigenvalue weighted by atomic mass is 16.1. The SMILES string of the molecule is CC(C)CCN(CCC(C)C)CCC(NC1CC1)C(N)=O. The number of nitrogens with two attached hydrogens (primary N) is 1. The van der Waals surface area contributed by atoms with E-state index >= 15 is 0 Å². The summed E-state index contributed by atoms with van der Waals surface area (Å²) in [6.07, 6.45) is 5.65. The number of carbonyl (C=O) groups excluding carboxylic acids is 1. The van der Waals surface area contributed by atoms with E-state index in [1.165, 1.54) is 25.7 Å². The maximum Gasteiger partial charge on any atom is 0.234 e. The van der Waals surface area contributed by atoms with Gasteiger partial charge in [0.25, 0.3) is 0 Å². The van der Waals surface area contributed by atoms with Crippen molar-refractivity contribution in [2.75, 3.05) is 19.6 Å². The van der Waals surface area contributed by atoms with Crippen molar-refractivity contribution in [2.24, 2.45) is 17.6 Å². The van der Waals surface area contributed by atoms with Crippen LogP contribution in [-0.2, 0) is 4.79 Å². The van der Waals surface area contributed by atoms with Gasteiger partial charge in [-0.3, -0.25) is 4.79 Å². The van der Waals surface area contributed by atoms with E-state index in [4.69, 9.17) is 5.73 Å². The molecular weight excluding hydrogens is 262 g/mol. The van der Waals surface area contributed by atoms with Crippen molar-refractivity contribution in [1.29, 1.82) is 0 Å². The molecule has 0 bridgehead atoms. The van der Waals surface area contributed by atoms with Crippen molar-refractivity contribution in [3.05, 3.63) is 0 Å². The van der Waals surface area contributed by atoms with Crippen molar-refractivity contribution in [3.63, 3.8) is 0 Å². The van der Waals surface area contributed by atoms with E-state index in [9.17, 15) is 4.79 Å². The second kappa shape index (κ2) is 9.42. The summed E-state index contributed by atoms with van der Waals surface area (Å²) < 4.78 is 0. The molecule has 0 radical (unpaired) electrons. The predicted molar refractivity (Wildman–Crippen MR) is 89.1 cm³/mol. The van der Waals surface area contributed by atoms with Crippen LogP contribution < -0.4 is 11.1 Å². The zero-order valence-electron chi connectivity index (χ0n) is 14.4. The molecule has 3 N–H and O–H groups in total. The van der Waals surface area contributed by atoms with Crippen molar-refractivity contribution in [1.82, 2.24) is 10.2 Å². The standard InChI is InChI=1S/C17H35N3O/c1-13(2)7-10-20(11-8-14(3)4)12-9-16(17(18)21)19-15-5-6-15/h13-16,19H,5-12H2,1-4H3,(H2,18,21). The maximum absolute atomic E-state index is 11.5. The molecule has 124 valence electrons. The third kappa shape index (κ3) is 9.10. The zero-order chi connectivity index (χ0) is 15.8. The third-order valence-electron chi connectivity index (χ3n) is 4.14. The van der Waals surface area contributed by atoms with Crippen LogP contribution >= 0.6 is 0 Å². The summed E-state index contributed by atoms with van der Waals surface area (Å²) in [4.78, 5) is 14.1. The van der Waals surface area contributed by atoms with Crippen LogP contribution in [0.2, 0.25) is 0 Å². The number of amides is 1. The van der Waals surface area contributed by atoms with Gasteiger partial charge in [-0.25, -0.2) is 0 Å². The van der Waals surface area contributed by atoms with Gasteiger partial charge in [0.2, 0.25) is 5.91 Å². The Balaban J connectivity index is 2.38. The minimum Gasteiger partial charge on any atom is -0.368 e. The first-order valence-corrected chi connectivity index (χ1v) is 8.66. The van der Waals surface area contributed by atoms with Gasteiger partial charge < -0.3 is 16.0 Å². The topological polar surface area (TPSA) is 58.4 Å². The molecule has 1 aliphatic carbocycles. The summed E-state index contributed by atoms with van der Waals surface area (Å²) in [5, 5.41) is 3.37. The Hall–Kier alpha value is -0.610. The molecular formula is C17H35N3O. The van der Waals surface area contributed by atoms with E-state index < -0.39 is 0 Å². The van der Waals surface area contributed by atoms with Gasteiger partial charge in [-0.1, -0.05) is 27.7 Å². The molecule has 1 fully saturated rings. The van der Waals surface area contributed by atoms with Gasteiger partial charge in [0.15, 0.2) is 0 Å². The lowest BCUT2D eigenvalue weighted by Crippen LogP contribution is -2.44. The fourth-order valence-electron chi connectivity index (χ4n) is 2.37. The molecule has 1 unspecified atom stereocenters. The zero-order valence-corrected chi connectivity index (χ0v) is 14.4. The molecule has 21 heavy (non-hydrogen) atoms. The second-order valence-corrected chi connectivity index (χ2v) is 7.39. The molecule has 0 heterocycles. The molecule has 0 spiro atoms. The Kier molecular flexibility index (Phi) is 8.27. The van der Waals surface area contributed by atoms with Crippen LogP contribution in [0.15, 0.2) is 0 Å². The molecule has 0 aliphatic heterocycles. The van der Waals surface area contributed by atoms with Crippen LogP contribution in [-0.4, -0.2) is 42.5 Å². The number of primary amides is 1. The van der Waals surface area contributed by atoms with Gasteiger partial charge in [-0.15, -0.1) is 0 Å². The highest BCUT2D eigenvalue weighted by molar-refractivity contribution is 5.79. The summed E-state index contributed by atoms with van der Waals surface area (Å²) in [5.41, 5.74) is 5.52. The average molecular weight is 297 g/mol. The first-order valence-electron chi connectivity index (χ1n) is 8.66. The molecule has 4 heteroatoms. The number of hydrogen-bond acceptors (Lipinski definition) is 3. The normalized spacial score (nSPS) is 16.9. The predicted octanol–water partition coefficient (Wildman–Crippen LogP) is 2.38. The van der Waals surface area contributed by atoms with Gasteiger partial charge in [0, 0.05) is 12.6 Å². The average Bonchev–Trinajstić information content (AvgIpc) is 3.19. The largest absolute Gasteiger partial charge is 0.368 e. The Bertz CT molecular complexity index is 288. The van der Waals surface area contributed by atoms with E-state index in [-0.39, 0.29) is 11.9 Å². The van der Waals surface area contributed by atoms with Gasteiger partial charge in [0.1, 0.15) is 0 Å². The Labute approximate surface area is 130 Å². The minimum absolute atomic E-state index is 0.155. The smallest absolute Gasteiger partial charge is 0.234 e. The van der Waals surface area contributed by atoms with Gasteiger partial charge in [0.05, 0.1) is 6.04 Å². The fraction of sp³-hybridized carbons (Fsp3) is 0.941. The first kappa shape index (κ1) is 18.4. The molecule has 1 atom stereocenters. The summed E-state index contributed by atoms with van der Waals surface area (Å²) in [6.45, 7) is 12.3. The lowest BCUT2D eigenvalue weighted by molar-refractivity contribution is -0.120. The van der Waals surface area contributed by atoms with Crippen LogP contribution in [0.5, 0.6) is 0 Å². The number of nitrogens with zero attached hydrogens (tertiary/aromatic N) is 1. The molecule has 1 saturated carbocycles. The first-order chi connectivity index (χ1) is 9.88. The van der Waals surface area contributed by atoms with E-state index in [0.29, 0.717) is 6.04 Å². The van der Waals surface area contributed by atoms with Crippen LogP contribution in [0.25, 0.3) is 0 Å². The van der Waals surface area contributed by atoms with Crippen molar-refractivity contribution in [3.8, 4) is 0 Å². The molecule has 0 aromatic rings. The molecule has 1 aliphatic rings. The van der Waals surface area contributed by atoms with Crippen LogP contribution in [0.1, 0.15) is 59.8 Å². The molecule has 0 saturated heterocycles. The molecule has 1 amide bonds. The molecule has 1 rings (SSSR count). The fourth-order valence-corrected chi connectivity index (χ4v) is 2.37. The summed E-state index contributed by atoms with van der Waals surface area (Å²) in [7, 11) is 0.